The predicted molar refractivity (Wildman–Crippen MR) is 84.8 cm³/mol. The van der Waals surface area contributed by atoms with Gasteiger partial charge in [-0.25, -0.2) is 0 Å². The van der Waals surface area contributed by atoms with Gasteiger partial charge >= 0.3 is 0 Å². The van der Waals surface area contributed by atoms with Crippen molar-refractivity contribution in [2.45, 2.75) is 25.8 Å². The van der Waals surface area contributed by atoms with Crippen LogP contribution in [-0.4, -0.2) is 41.0 Å². The Bertz CT molecular complexity index is 692. The van der Waals surface area contributed by atoms with Crippen molar-refractivity contribution in [3.63, 3.8) is 0 Å². The van der Waals surface area contributed by atoms with Crippen LogP contribution in [0.15, 0.2) is 24.3 Å². The molecule has 122 valence electrons. The molecule has 23 heavy (non-hydrogen) atoms. The maximum Gasteiger partial charge on any atom is 0.275 e. The SMILES string of the molecule is COc1cccc(NC(=O)c2cc(C)nn2C2CCOCC2)n1. The average molecular weight is 316 g/mol. The molecule has 0 aromatic carbocycles. The van der Waals surface area contributed by atoms with Gasteiger partial charge in [-0.3, -0.25) is 9.48 Å². The maximum absolute atomic E-state index is 12.6. The standard InChI is InChI=1S/C16H20N4O3/c1-11-10-13(20(19-11)12-6-8-23-9-7-12)16(21)18-14-4-3-5-15(17-14)22-2/h3-5,10,12H,6-9H2,1-2H3,(H,17,18,21). The molecule has 0 bridgehead atoms. The fourth-order valence-corrected chi connectivity index (χ4v) is 2.67. The normalized spacial score (nSPS) is 15.4. The molecule has 2 aromatic rings. The third-order valence-electron chi connectivity index (χ3n) is 3.80. The molecule has 1 amide bonds. The largest absolute Gasteiger partial charge is 0.481 e. The average Bonchev–Trinajstić information content (AvgIpc) is 2.98. The van der Waals surface area contributed by atoms with Crippen LogP contribution < -0.4 is 10.1 Å². The molecule has 0 unspecified atom stereocenters. The lowest BCUT2D eigenvalue weighted by molar-refractivity contribution is 0.0646. The van der Waals surface area contributed by atoms with E-state index in [0.717, 1.165) is 18.5 Å². The highest BCUT2D eigenvalue weighted by Gasteiger charge is 2.23. The molecule has 3 rings (SSSR count). The van der Waals surface area contributed by atoms with E-state index in [0.29, 0.717) is 30.6 Å². The monoisotopic (exact) mass is 316 g/mol. The van der Waals surface area contributed by atoms with Gasteiger partial charge in [-0.05, 0) is 31.9 Å². The molecule has 1 N–H and O–H groups in total. The summed E-state index contributed by atoms with van der Waals surface area (Å²) in [5.41, 5.74) is 1.36. The molecule has 0 atom stereocenters. The van der Waals surface area contributed by atoms with Crippen LogP contribution in [-0.2, 0) is 4.74 Å². The number of nitrogens with one attached hydrogen (secondary N) is 1. The number of ether oxygens (including phenoxy) is 2. The number of methoxy groups -OCH3 is 1. The number of hydrogen-bond acceptors (Lipinski definition) is 5. The lowest BCUT2D eigenvalue weighted by atomic mass is 10.1. The fourth-order valence-electron chi connectivity index (χ4n) is 2.67. The first-order valence-electron chi connectivity index (χ1n) is 7.63. The molecule has 3 heterocycles. The van der Waals surface area contributed by atoms with Crippen molar-refractivity contribution in [2.75, 3.05) is 25.6 Å². The number of rotatable bonds is 4. The maximum atomic E-state index is 12.6. The highest BCUT2D eigenvalue weighted by atomic mass is 16.5. The van der Waals surface area contributed by atoms with Crippen molar-refractivity contribution >= 4 is 11.7 Å². The first kappa shape index (κ1) is 15.5. The zero-order valence-electron chi connectivity index (χ0n) is 13.3. The third-order valence-corrected chi connectivity index (χ3v) is 3.80. The van der Waals surface area contributed by atoms with Crippen LogP contribution in [0.1, 0.15) is 35.1 Å². The van der Waals surface area contributed by atoms with Crippen LogP contribution in [0.25, 0.3) is 0 Å². The lowest BCUT2D eigenvalue weighted by Crippen LogP contribution is -2.25. The molecule has 0 saturated carbocycles. The van der Waals surface area contributed by atoms with Crippen molar-refractivity contribution < 1.29 is 14.3 Å². The van der Waals surface area contributed by atoms with Gasteiger partial charge in [0.1, 0.15) is 11.5 Å². The van der Waals surface area contributed by atoms with Gasteiger partial charge in [0, 0.05) is 19.3 Å². The minimum atomic E-state index is -0.224. The number of carbonyl (C=O) groups excluding carboxylic acids is 1. The second kappa shape index (κ2) is 6.78. The van der Waals surface area contributed by atoms with Crippen LogP contribution >= 0.6 is 0 Å². The van der Waals surface area contributed by atoms with E-state index < -0.39 is 0 Å². The number of hydrogen-bond donors (Lipinski definition) is 1. The van der Waals surface area contributed by atoms with Crippen LogP contribution in [0, 0.1) is 6.92 Å². The molecule has 1 aliphatic rings. The van der Waals surface area contributed by atoms with Gasteiger partial charge < -0.3 is 14.8 Å². The number of aryl methyl sites for hydroxylation is 1. The first-order chi connectivity index (χ1) is 11.2. The first-order valence-corrected chi connectivity index (χ1v) is 7.63. The Kier molecular flexibility index (Phi) is 4.57. The van der Waals surface area contributed by atoms with Crippen LogP contribution in [0.4, 0.5) is 5.82 Å². The molecule has 7 heteroatoms. The lowest BCUT2D eigenvalue weighted by Gasteiger charge is -2.23. The van der Waals surface area contributed by atoms with E-state index in [4.69, 9.17) is 9.47 Å². The molecule has 1 fully saturated rings. The summed E-state index contributed by atoms with van der Waals surface area (Å²) in [6, 6.07) is 7.22. The number of pyridine rings is 1. The molecule has 2 aromatic heterocycles. The van der Waals surface area contributed by atoms with E-state index in [1.54, 1.807) is 24.3 Å². The second-order valence-corrected chi connectivity index (χ2v) is 5.48. The van der Waals surface area contributed by atoms with Crippen LogP contribution in [0.2, 0.25) is 0 Å². The van der Waals surface area contributed by atoms with E-state index in [1.807, 2.05) is 11.6 Å². The number of anilines is 1. The molecule has 0 aliphatic carbocycles. The molecular formula is C16H20N4O3. The van der Waals surface area contributed by atoms with Gasteiger partial charge in [0.15, 0.2) is 0 Å². The van der Waals surface area contributed by atoms with Crippen LogP contribution in [0.5, 0.6) is 5.88 Å². The molecule has 0 spiro atoms. The summed E-state index contributed by atoms with van der Waals surface area (Å²) in [5.74, 6) is 0.682. The van der Waals surface area contributed by atoms with Crippen molar-refractivity contribution in [2.24, 2.45) is 0 Å². The second-order valence-electron chi connectivity index (χ2n) is 5.48. The Morgan fingerprint density at radius 2 is 2.17 bits per heavy atom. The number of aromatic nitrogens is 3. The van der Waals surface area contributed by atoms with Gasteiger partial charge in [0.25, 0.3) is 5.91 Å². The highest BCUT2D eigenvalue weighted by Crippen LogP contribution is 2.23. The molecule has 1 saturated heterocycles. The molecule has 1 aliphatic heterocycles. The van der Waals surface area contributed by atoms with Gasteiger partial charge in [-0.2, -0.15) is 10.1 Å². The Labute approximate surface area is 134 Å². The highest BCUT2D eigenvalue weighted by molar-refractivity contribution is 6.02. The van der Waals surface area contributed by atoms with E-state index >= 15 is 0 Å². The summed E-state index contributed by atoms with van der Waals surface area (Å²) < 4.78 is 12.3. The Morgan fingerprint density at radius 3 is 2.91 bits per heavy atom. The summed E-state index contributed by atoms with van der Waals surface area (Å²) in [4.78, 5) is 16.8. The molecule has 0 radical (unpaired) electrons. The Balaban J connectivity index is 1.81. The van der Waals surface area contributed by atoms with Gasteiger partial charge in [-0.1, -0.05) is 6.07 Å². The van der Waals surface area contributed by atoms with Crippen molar-refractivity contribution in [3.05, 3.63) is 35.7 Å². The summed E-state index contributed by atoms with van der Waals surface area (Å²) in [7, 11) is 1.54. The zero-order chi connectivity index (χ0) is 16.2. The number of nitrogens with zero attached hydrogens (tertiary/aromatic N) is 3. The van der Waals surface area contributed by atoms with E-state index in [1.165, 1.54) is 7.11 Å². The van der Waals surface area contributed by atoms with E-state index in [-0.39, 0.29) is 11.9 Å². The molecular weight excluding hydrogens is 296 g/mol. The predicted octanol–water partition coefficient (Wildman–Crippen LogP) is 2.20. The van der Waals surface area contributed by atoms with E-state index in [2.05, 4.69) is 15.4 Å². The Morgan fingerprint density at radius 1 is 1.39 bits per heavy atom. The number of amides is 1. The summed E-state index contributed by atoms with van der Waals surface area (Å²) in [6.45, 7) is 3.28. The molecule has 7 nitrogen and oxygen atoms in total. The van der Waals surface area contributed by atoms with Gasteiger partial charge in [0.05, 0.1) is 18.8 Å². The summed E-state index contributed by atoms with van der Waals surface area (Å²) in [5, 5.41) is 7.29. The van der Waals surface area contributed by atoms with Gasteiger partial charge in [-0.15, -0.1) is 0 Å². The minimum absolute atomic E-state index is 0.191. The summed E-state index contributed by atoms with van der Waals surface area (Å²) in [6.07, 6.45) is 1.72. The smallest absolute Gasteiger partial charge is 0.275 e. The zero-order valence-corrected chi connectivity index (χ0v) is 13.3. The third kappa shape index (κ3) is 3.50. The van der Waals surface area contributed by atoms with Crippen molar-refractivity contribution in [3.8, 4) is 5.88 Å². The van der Waals surface area contributed by atoms with E-state index in [9.17, 15) is 4.79 Å². The van der Waals surface area contributed by atoms with Gasteiger partial charge in [0.2, 0.25) is 5.88 Å². The quantitative estimate of drug-likeness (QED) is 0.935. The van der Waals surface area contributed by atoms with Crippen LogP contribution in [0.3, 0.4) is 0 Å². The van der Waals surface area contributed by atoms with Crippen molar-refractivity contribution in [1.29, 1.82) is 0 Å². The Hall–Kier alpha value is -2.41. The topological polar surface area (TPSA) is 78.3 Å². The van der Waals surface area contributed by atoms with Crippen molar-refractivity contribution in [1.82, 2.24) is 14.8 Å². The number of carbonyl (C=O) groups is 1. The fraction of sp³-hybridized carbons (Fsp3) is 0.438. The minimum Gasteiger partial charge on any atom is -0.481 e. The summed E-state index contributed by atoms with van der Waals surface area (Å²) >= 11 is 0.